The van der Waals surface area contributed by atoms with Crippen molar-refractivity contribution in [3.63, 3.8) is 0 Å². The summed E-state index contributed by atoms with van der Waals surface area (Å²) in [6, 6.07) is 68.7. The highest BCUT2D eigenvalue weighted by Crippen LogP contribution is 2.47. The van der Waals surface area contributed by atoms with Crippen LogP contribution in [0.5, 0.6) is 0 Å². The van der Waals surface area contributed by atoms with Gasteiger partial charge in [0.25, 0.3) is 0 Å². The van der Waals surface area contributed by atoms with Crippen LogP contribution in [0.3, 0.4) is 0 Å². The van der Waals surface area contributed by atoms with Crippen molar-refractivity contribution >= 4 is 65.0 Å². The topological polar surface area (TPSA) is 17.8 Å². The summed E-state index contributed by atoms with van der Waals surface area (Å²) >= 11 is 0. The molecule has 2 aromatic heterocycles. The molecule has 246 valence electrons. The van der Waals surface area contributed by atoms with E-state index in [0.29, 0.717) is 0 Å². The summed E-state index contributed by atoms with van der Waals surface area (Å²) in [4.78, 5) is 4.57. The maximum Gasteiger partial charge on any atom is 0.0702 e. The van der Waals surface area contributed by atoms with E-state index < -0.39 is 0 Å². The SMILES string of the molecule is c1ccc(-c2c3ccccc3c(-c3ccc(-n4c5ccccc5c5ccccc54)c4ccccc34)c3ccc(-c4ccc5ncccc5c4)cc23)cc1. The van der Waals surface area contributed by atoms with Gasteiger partial charge in [-0.2, -0.15) is 0 Å². The number of pyridine rings is 1. The van der Waals surface area contributed by atoms with Crippen LogP contribution in [0.25, 0.3) is 104 Å². The van der Waals surface area contributed by atoms with E-state index in [4.69, 9.17) is 0 Å². The summed E-state index contributed by atoms with van der Waals surface area (Å²) in [6.45, 7) is 0. The fraction of sp³-hybridized carbons (Fsp3) is 0. The Morgan fingerprint density at radius 1 is 0.340 bits per heavy atom. The Morgan fingerprint density at radius 2 is 0.925 bits per heavy atom. The van der Waals surface area contributed by atoms with Crippen LogP contribution in [0.15, 0.2) is 194 Å². The third-order valence-corrected chi connectivity index (χ3v) is 11.0. The Kier molecular flexibility index (Phi) is 6.59. The van der Waals surface area contributed by atoms with Gasteiger partial charge < -0.3 is 4.57 Å². The summed E-state index contributed by atoms with van der Waals surface area (Å²) in [5.41, 5.74) is 12.0. The van der Waals surface area contributed by atoms with Crippen molar-refractivity contribution in [1.29, 1.82) is 0 Å². The molecule has 0 saturated heterocycles. The minimum Gasteiger partial charge on any atom is -0.309 e. The summed E-state index contributed by atoms with van der Waals surface area (Å²) in [7, 11) is 0. The summed E-state index contributed by atoms with van der Waals surface area (Å²) in [5.74, 6) is 0. The Morgan fingerprint density at radius 3 is 1.68 bits per heavy atom. The molecule has 0 N–H and O–H groups in total. The molecule has 0 aliphatic carbocycles. The number of hydrogen-bond acceptors (Lipinski definition) is 1. The van der Waals surface area contributed by atoms with Gasteiger partial charge in [0.15, 0.2) is 0 Å². The third-order valence-electron chi connectivity index (χ3n) is 11.0. The van der Waals surface area contributed by atoms with Gasteiger partial charge in [-0.25, -0.2) is 0 Å². The Bertz CT molecular complexity index is 3170. The lowest BCUT2D eigenvalue weighted by molar-refractivity contribution is 1.20. The first kappa shape index (κ1) is 29.7. The van der Waals surface area contributed by atoms with Crippen LogP contribution in [0.2, 0.25) is 0 Å². The third kappa shape index (κ3) is 4.56. The molecule has 0 fully saturated rings. The minimum absolute atomic E-state index is 1.01. The van der Waals surface area contributed by atoms with Gasteiger partial charge in [-0.1, -0.05) is 146 Å². The lowest BCUT2D eigenvalue weighted by Crippen LogP contribution is -1.97. The highest BCUT2D eigenvalue weighted by molar-refractivity contribution is 6.24. The molecule has 9 aromatic carbocycles. The van der Waals surface area contributed by atoms with Crippen LogP contribution >= 0.6 is 0 Å². The predicted molar refractivity (Wildman–Crippen MR) is 225 cm³/mol. The van der Waals surface area contributed by atoms with E-state index in [2.05, 4.69) is 192 Å². The molecule has 53 heavy (non-hydrogen) atoms. The maximum atomic E-state index is 4.57. The highest BCUT2D eigenvalue weighted by Gasteiger charge is 2.21. The first-order valence-corrected chi connectivity index (χ1v) is 18.2. The van der Waals surface area contributed by atoms with Crippen molar-refractivity contribution in [1.82, 2.24) is 9.55 Å². The molecule has 0 amide bonds. The van der Waals surface area contributed by atoms with E-state index in [-0.39, 0.29) is 0 Å². The van der Waals surface area contributed by atoms with Crippen molar-refractivity contribution in [3.8, 4) is 39.1 Å². The Balaban J connectivity index is 1.23. The van der Waals surface area contributed by atoms with Gasteiger partial charge in [0, 0.05) is 27.7 Å². The van der Waals surface area contributed by atoms with E-state index in [1.807, 2.05) is 12.3 Å². The zero-order valence-corrected chi connectivity index (χ0v) is 28.9. The first-order chi connectivity index (χ1) is 26.3. The smallest absolute Gasteiger partial charge is 0.0702 e. The van der Waals surface area contributed by atoms with Crippen molar-refractivity contribution in [2.45, 2.75) is 0 Å². The average Bonchev–Trinajstić information content (AvgIpc) is 3.56. The van der Waals surface area contributed by atoms with Crippen molar-refractivity contribution < 1.29 is 0 Å². The molecule has 0 atom stereocenters. The largest absolute Gasteiger partial charge is 0.309 e. The van der Waals surface area contributed by atoms with Crippen LogP contribution in [0.1, 0.15) is 0 Å². The molecule has 2 heterocycles. The molecule has 0 unspecified atom stereocenters. The van der Waals surface area contributed by atoms with Gasteiger partial charge >= 0.3 is 0 Å². The molecule has 0 saturated carbocycles. The number of rotatable bonds is 4. The zero-order chi connectivity index (χ0) is 34.9. The quantitative estimate of drug-likeness (QED) is 0.170. The van der Waals surface area contributed by atoms with Crippen LogP contribution in [-0.4, -0.2) is 9.55 Å². The summed E-state index contributed by atoms with van der Waals surface area (Å²) < 4.78 is 2.44. The fourth-order valence-corrected chi connectivity index (χ4v) is 8.70. The van der Waals surface area contributed by atoms with Gasteiger partial charge in [0.2, 0.25) is 0 Å². The minimum atomic E-state index is 1.01. The zero-order valence-electron chi connectivity index (χ0n) is 28.9. The Labute approximate surface area is 306 Å². The Hall–Kier alpha value is -7.03. The number of fused-ring (bicyclic) bond motifs is 7. The average molecular weight is 673 g/mol. The molecule has 2 heteroatoms. The standard InChI is InChI=1S/C51H32N2/c1-2-13-33(14-3-1)50-41-20-6-7-21-42(41)51(44-26-24-35(32-45(44)50)34-25-28-46-36(31-34)15-12-30-52-46)43-27-29-49(38-17-5-4-16-37(38)43)53-47-22-10-8-18-39(47)40-19-9-11-23-48(40)53/h1-32H. The number of benzene rings is 9. The van der Waals surface area contributed by atoms with E-state index in [9.17, 15) is 0 Å². The number of nitrogens with zero attached hydrogens (tertiary/aromatic N) is 2. The summed E-state index contributed by atoms with van der Waals surface area (Å²) in [5, 5.41) is 11.1. The molecule has 0 aliphatic heterocycles. The number of hydrogen-bond donors (Lipinski definition) is 0. The second-order valence-electron chi connectivity index (χ2n) is 13.9. The van der Waals surface area contributed by atoms with Gasteiger partial charge in [-0.3, -0.25) is 4.98 Å². The van der Waals surface area contributed by atoms with Crippen LogP contribution in [0, 0.1) is 0 Å². The first-order valence-electron chi connectivity index (χ1n) is 18.2. The normalized spacial score (nSPS) is 11.8. The van der Waals surface area contributed by atoms with Gasteiger partial charge in [0.05, 0.1) is 22.2 Å². The molecular weight excluding hydrogens is 641 g/mol. The van der Waals surface area contributed by atoms with Gasteiger partial charge in [-0.15, -0.1) is 0 Å². The van der Waals surface area contributed by atoms with Crippen LogP contribution in [-0.2, 0) is 0 Å². The monoisotopic (exact) mass is 672 g/mol. The molecule has 0 bridgehead atoms. The molecular formula is C51H32N2. The molecule has 11 aromatic rings. The van der Waals surface area contributed by atoms with E-state index in [0.717, 1.165) is 10.9 Å². The number of aromatic nitrogens is 2. The van der Waals surface area contributed by atoms with Crippen molar-refractivity contribution in [2.75, 3.05) is 0 Å². The van der Waals surface area contributed by atoms with Crippen molar-refractivity contribution in [2.24, 2.45) is 0 Å². The molecule has 0 aliphatic rings. The van der Waals surface area contributed by atoms with E-state index in [1.165, 1.54) is 93.2 Å². The molecule has 0 radical (unpaired) electrons. The second-order valence-corrected chi connectivity index (χ2v) is 13.9. The van der Waals surface area contributed by atoms with Crippen LogP contribution in [0.4, 0.5) is 0 Å². The van der Waals surface area contributed by atoms with Crippen LogP contribution < -0.4 is 0 Å². The summed E-state index contributed by atoms with van der Waals surface area (Å²) in [6.07, 6.45) is 1.86. The lowest BCUT2D eigenvalue weighted by Gasteiger charge is -2.21. The fourth-order valence-electron chi connectivity index (χ4n) is 8.70. The predicted octanol–water partition coefficient (Wildman–Crippen LogP) is 13.8. The van der Waals surface area contributed by atoms with Gasteiger partial charge in [0.1, 0.15) is 0 Å². The van der Waals surface area contributed by atoms with E-state index in [1.54, 1.807) is 0 Å². The van der Waals surface area contributed by atoms with Crippen molar-refractivity contribution in [3.05, 3.63) is 194 Å². The number of para-hydroxylation sites is 2. The molecule has 0 spiro atoms. The second kappa shape index (κ2) is 11.8. The highest BCUT2D eigenvalue weighted by atomic mass is 15.0. The maximum absolute atomic E-state index is 4.57. The molecule has 2 nitrogen and oxygen atoms in total. The van der Waals surface area contributed by atoms with Gasteiger partial charge in [-0.05, 0) is 103 Å². The lowest BCUT2D eigenvalue weighted by atomic mass is 9.83. The van der Waals surface area contributed by atoms with E-state index >= 15 is 0 Å². The molecule has 11 rings (SSSR count).